The first kappa shape index (κ1) is 13.3. The molecule has 0 spiro atoms. The van der Waals surface area contributed by atoms with Gasteiger partial charge in [-0.3, -0.25) is 4.99 Å². The summed E-state index contributed by atoms with van der Waals surface area (Å²) in [6.45, 7) is 4.70. The van der Waals surface area contributed by atoms with Crippen LogP contribution in [0.4, 0.5) is 5.69 Å². The van der Waals surface area contributed by atoms with Crippen LogP contribution in [0.25, 0.3) is 0 Å². The van der Waals surface area contributed by atoms with Crippen LogP contribution in [-0.4, -0.2) is 30.3 Å². The molecule has 1 atom stereocenters. The summed E-state index contributed by atoms with van der Waals surface area (Å²) in [4.78, 5) is 3.76. The number of aryl methyl sites for hydroxylation is 2. The number of aliphatic hydroxyl groups excluding tert-OH is 1. The molecule has 0 amide bonds. The van der Waals surface area contributed by atoms with Crippen molar-refractivity contribution in [2.75, 3.05) is 18.4 Å². The number of hydrogen-bond donors (Lipinski definition) is 4. The zero-order valence-corrected chi connectivity index (χ0v) is 10.3. The highest BCUT2D eigenvalue weighted by molar-refractivity contribution is 5.75. The van der Waals surface area contributed by atoms with E-state index in [2.05, 4.69) is 16.4 Å². The first-order chi connectivity index (χ1) is 7.99. The van der Waals surface area contributed by atoms with Gasteiger partial charge in [-0.05, 0) is 25.5 Å². The summed E-state index contributed by atoms with van der Waals surface area (Å²) in [6, 6.07) is 6.11. The van der Waals surface area contributed by atoms with Crippen LogP contribution in [-0.2, 0) is 0 Å². The first-order valence-corrected chi connectivity index (χ1v) is 5.53. The predicted molar refractivity (Wildman–Crippen MR) is 71.1 cm³/mol. The van der Waals surface area contributed by atoms with Crippen LogP contribution in [0.3, 0.4) is 0 Å². The third kappa shape index (κ3) is 4.74. The fourth-order valence-electron chi connectivity index (χ4n) is 1.52. The molecule has 0 aliphatic heterocycles. The van der Waals surface area contributed by atoms with E-state index in [0.717, 1.165) is 11.3 Å². The van der Waals surface area contributed by atoms with Crippen molar-refractivity contribution in [2.24, 2.45) is 16.5 Å². The van der Waals surface area contributed by atoms with Gasteiger partial charge in [-0.15, -0.1) is 0 Å². The molecule has 17 heavy (non-hydrogen) atoms. The van der Waals surface area contributed by atoms with E-state index in [-0.39, 0.29) is 12.5 Å². The maximum absolute atomic E-state index is 9.62. The number of nitrogens with one attached hydrogen (secondary N) is 1. The molecule has 0 fully saturated rings. The highest BCUT2D eigenvalue weighted by Crippen LogP contribution is 2.15. The summed E-state index contributed by atoms with van der Waals surface area (Å²) < 4.78 is 0. The molecular weight excluding hydrogens is 216 g/mol. The molecule has 1 aromatic carbocycles. The van der Waals surface area contributed by atoms with Gasteiger partial charge in [-0.1, -0.05) is 17.7 Å². The monoisotopic (exact) mass is 236 g/mol. The van der Waals surface area contributed by atoms with Crippen molar-refractivity contribution in [3.8, 4) is 0 Å². The Balaban J connectivity index is 2.47. The van der Waals surface area contributed by atoms with Crippen LogP contribution in [0.2, 0.25) is 0 Å². The van der Waals surface area contributed by atoms with Gasteiger partial charge in [0.05, 0.1) is 12.6 Å². The minimum absolute atomic E-state index is 0.00411. The average molecular weight is 236 g/mol. The lowest BCUT2D eigenvalue weighted by Gasteiger charge is -2.13. The van der Waals surface area contributed by atoms with E-state index >= 15 is 0 Å². The highest BCUT2D eigenvalue weighted by Gasteiger charge is 2.04. The van der Waals surface area contributed by atoms with Gasteiger partial charge in [0.1, 0.15) is 0 Å². The van der Waals surface area contributed by atoms with E-state index in [0.29, 0.717) is 6.54 Å². The molecule has 0 aliphatic carbocycles. The Kier molecular flexibility index (Phi) is 4.78. The van der Waals surface area contributed by atoms with E-state index in [1.54, 1.807) is 0 Å². The number of guanidine groups is 1. The van der Waals surface area contributed by atoms with E-state index in [9.17, 15) is 5.11 Å². The van der Waals surface area contributed by atoms with Crippen molar-refractivity contribution >= 4 is 11.6 Å². The van der Waals surface area contributed by atoms with Crippen molar-refractivity contribution < 1.29 is 5.11 Å². The van der Waals surface area contributed by atoms with E-state index in [1.807, 2.05) is 26.0 Å². The minimum atomic E-state index is -0.599. The zero-order valence-electron chi connectivity index (χ0n) is 10.3. The molecular formula is C12H20N4O. The highest BCUT2D eigenvalue weighted by atomic mass is 16.3. The van der Waals surface area contributed by atoms with E-state index in [1.165, 1.54) is 5.56 Å². The SMILES string of the molecule is Cc1ccc(NCC(O)CN=C(N)N)c(C)c1. The van der Waals surface area contributed by atoms with Crippen LogP contribution in [0.5, 0.6) is 0 Å². The average Bonchev–Trinajstić information content (AvgIpc) is 2.25. The molecule has 0 saturated carbocycles. The number of aliphatic imine (C=N–C) groups is 1. The Bertz CT molecular complexity index is 399. The molecule has 1 unspecified atom stereocenters. The fraction of sp³-hybridized carbons (Fsp3) is 0.417. The number of hydrogen-bond acceptors (Lipinski definition) is 3. The van der Waals surface area contributed by atoms with Gasteiger partial charge >= 0.3 is 0 Å². The number of rotatable bonds is 5. The molecule has 1 rings (SSSR count). The second kappa shape index (κ2) is 6.10. The van der Waals surface area contributed by atoms with Gasteiger partial charge < -0.3 is 21.9 Å². The van der Waals surface area contributed by atoms with Gasteiger partial charge in [-0.2, -0.15) is 0 Å². The molecule has 5 nitrogen and oxygen atoms in total. The van der Waals surface area contributed by atoms with Crippen LogP contribution in [0.15, 0.2) is 23.2 Å². The molecule has 5 heteroatoms. The number of benzene rings is 1. The lowest BCUT2D eigenvalue weighted by Crippen LogP contribution is -2.28. The maximum Gasteiger partial charge on any atom is 0.185 e. The summed E-state index contributed by atoms with van der Waals surface area (Å²) in [5.74, 6) is -0.00411. The minimum Gasteiger partial charge on any atom is -0.389 e. The standard InChI is InChI=1S/C12H20N4O/c1-8-3-4-11(9(2)5-8)15-6-10(17)7-16-12(13)14/h3-5,10,15,17H,6-7H2,1-2H3,(H4,13,14,16). The molecule has 6 N–H and O–H groups in total. The molecule has 0 heterocycles. The number of anilines is 1. The second-order valence-electron chi connectivity index (χ2n) is 4.12. The first-order valence-electron chi connectivity index (χ1n) is 5.53. The Hall–Kier alpha value is -1.75. The van der Waals surface area contributed by atoms with Crippen molar-refractivity contribution in [1.29, 1.82) is 0 Å². The van der Waals surface area contributed by atoms with Crippen molar-refractivity contribution in [2.45, 2.75) is 20.0 Å². The van der Waals surface area contributed by atoms with E-state index < -0.39 is 6.10 Å². The summed E-state index contributed by atoms with van der Waals surface area (Å²) in [6.07, 6.45) is -0.599. The Morgan fingerprint density at radius 2 is 2.12 bits per heavy atom. The lowest BCUT2D eigenvalue weighted by atomic mass is 10.1. The predicted octanol–water partition coefficient (Wildman–Crippen LogP) is 0.350. The topological polar surface area (TPSA) is 96.7 Å². The maximum atomic E-state index is 9.62. The Labute approximate surface area is 102 Å². The quantitative estimate of drug-likeness (QED) is 0.438. The molecule has 94 valence electrons. The summed E-state index contributed by atoms with van der Waals surface area (Å²) >= 11 is 0. The molecule has 0 bridgehead atoms. The molecule has 0 aromatic heterocycles. The smallest absolute Gasteiger partial charge is 0.185 e. The largest absolute Gasteiger partial charge is 0.389 e. The second-order valence-corrected chi connectivity index (χ2v) is 4.12. The van der Waals surface area contributed by atoms with Crippen molar-refractivity contribution in [1.82, 2.24) is 0 Å². The normalized spacial score (nSPS) is 11.9. The Morgan fingerprint density at radius 1 is 1.41 bits per heavy atom. The molecule has 1 aromatic rings. The number of nitrogens with zero attached hydrogens (tertiary/aromatic N) is 1. The van der Waals surface area contributed by atoms with Crippen molar-refractivity contribution in [3.63, 3.8) is 0 Å². The Morgan fingerprint density at radius 3 is 2.71 bits per heavy atom. The molecule has 0 saturated heterocycles. The number of aliphatic hydroxyl groups is 1. The van der Waals surface area contributed by atoms with Crippen LogP contribution in [0, 0.1) is 13.8 Å². The summed E-state index contributed by atoms with van der Waals surface area (Å²) in [5.41, 5.74) is 13.8. The zero-order chi connectivity index (χ0) is 12.8. The van der Waals surface area contributed by atoms with Gasteiger partial charge in [0.25, 0.3) is 0 Å². The third-order valence-electron chi connectivity index (χ3n) is 2.39. The lowest BCUT2D eigenvalue weighted by molar-refractivity contribution is 0.196. The van der Waals surface area contributed by atoms with Crippen LogP contribution < -0.4 is 16.8 Å². The molecule has 0 aliphatic rings. The van der Waals surface area contributed by atoms with Gasteiger partial charge in [0, 0.05) is 12.2 Å². The summed E-state index contributed by atoms with van der Waals surface area (Å²) in [7, 11) is 0. The van der Waals surface area contributed by atoms with Crippen molar-refractivity contribution in [3.05, 3.63) is 29.3 Å². The van der Waals surface area contributed by atoms with Gasteiger partial charge in [-0.25, -0.2) is 0 Å². The van der Waals surface area contributed by atoms with Crippen LogP contribution >= 0.6 is 0 Å². The molecule has 0 radical (unpaired) electrons. The third-order valence-corrected chi connectivity index (χ3v) is 2.39. The summed E-state index contributed by atoms with van der Waals surface area (Å²) in [5, 5.41) is 12.8. The van der Waals surface area contributed by atoms with Gasteiger partial charge in [0.2, 0.25) is 0 Å². The van der Waals surface area contributed by atoms with Gasteiger partial charge in [0.15, 0.2) is 5.96 Å². The fourth-order valence-corrected chi connectivity index (χ4v) is 1.52. The number of nitrogens with two attached hydrogens (primary N) is 2. The van der Waals surface area contributed by atoms with E-state index in [4.69, 9.17) is 11.5 Å². The van der Waals surface area contributed by atoms with Crippen LogP contribution in [0.1, 0.15) is 11.1 Å².